The van der Waals surface area contributed by atoms with Crippen molar-refractivity contribution in [1.29, 1.82) is 0 Å². The van der Waals surface area contributed by atoms with Crippen LogP contribution in [0.2, 0.25) is 0 Å². The van der Waals surface area contributed by atoms with Crippen LogP contribution in [0.5, 0.6) is 0 Å². The topological polar surface area (TPSA) is 70.7 Å². The summed E-state index contributed by atoms with van der Waals surface area (Å²) in [6.45, 7) is 1.17. The molecule has 4 rings (SSSR count). The number of rotatable bonds is 6. The van der Waals surface area contributed by atoms with Gasteiger partial charge < -0.3 is 9.30 Å². The molecule has 0 aliphatic rings. The second-order valence-corrected chi connectivity index (χ2v) is 5.69. The second kappa shape index (κ2) is 6.82. The fourth-order valence-corrected chi connectivity index (χ4v) is 2.79. The summed E-state index contributed by atoms with van der Waals surface area (Å²) < 4.78 is 9.01. The molecule has 0 atom stereocenters. The molecule has 0 aliphatic heterocycles. The first-order chi connectivity index (χ1) is 12.3. The van der Waals surface area contributed by atoms with Crippen LogP contribution in [0.1, 0.15) is 11.6 Å². The molecule has 3 aromatic heterocycles. The summed E-state index contributed by atoms with van der Waals surface area (Å²) in [6, 6.07) is 10.1. The van der Waals surface area contributed by atoms with Gasteiger partial charge in [-0.2, -0.15) is 5.10 Å². The number of fused-ring (bicyclic) bond motifs is 1. The van der Waals surface area contributed by atoms with E-state index in [9.17, 15) is 0 Å². The van der Waals surface area contributed by atoms with Crippen LogP contribution in [0, 0.1) is 0 Å². The Morgan fingerprint density at radius 3 is 2.88 bits per heavy atom. The van der Waals surface area contributed by atoms with Gasteiger partial charge in [-0.15, -0.1) is 0 Å². The molecule has 0 saturated carbocycles. The summed E-state index contributed by atoms with van der Waals surface area (Å²) in [6.07, 6.45) is 7.90. The summed E-state index contributed by atoms with van der Waals surface area (Å²) in [5.74, 6) is 1.59. The van der Waals surface area contributed by atoms with Crippen LogP contribution in [-0.2, 0) is 17.7 Å². The van der Waals surface area contributed by atoms with E-state index in [2.05, 4.69) is 9.97 Å². The number of hydrogen-bond donors (Lipinski definition) is 0. The number of benzene rings is 1. The highest BCUT2D eigenvalue weighted by molar-refractivity contribution is 5.86. The minimum Gasteiger partial charge on any atom is -0.384 e. The average molecular weight is 334 g/mol. The Balaban J connectivity index is 1.82. The number of para-hydroxylation sites is 1. The molecule has 7 heteroatoms. The lowest BCUT2D eigenvalue weighted by atomic mass is 10.2. The SMILES string of the molecule is COCCc1nc(Cn2ccnc2)n(-c2cccc3cccnc23)n1. The van der Waals surface area contributed by atoms with Gasteiger partial charge in [0.25, 0.3) is 0 Å². The minimum absolute atomic E-state index is 0.586. The first kappa shape index (κ1) is 15.5. The third-order valence-electron chi connectivity index (χ3n) is 3.97. The molecule has 0 amide bonds. The summed E-state index contributed by atoms with van der Waals surface area (Å²) in [7, 11) is 1.68. The first-order valence-electron chi connectivity index (χ1n) is 8.09. The molecule has 0 spiro atoms. The molecule has 3 heterocycles. The fraction of sp³-hybridized carbons (Fsp3) is 0.222. The molecule has 7 nitrogen and oxygen atoms in total. The van der Waals surface area contributed by atoms with Gasteiger partial charge in [0, 0.05) is 37.5 Å². The number of ether oxygens (including phenoxy) is 1. The van der Waals surface area contributed by atoms with Crippen LogP contribution in [0.15, 0.2) is 55.2 Å². The van der Waals surface area contributed by atoms with Crippen LogP contribution in [-0.4, -0.2) is 43.0 Å². The van der Waals surface area contributed by atoms with Gasteiger partial charge in [-0.3, -0.25) is 4.98 Å². The second-order valence-electron chi connectivity index (χ2n) is 5.69. The molecule has 0 aliphatic carbocycles. The van der Waals surface area contributed by atoms with E-state index in [1.807, 2.05) is 45.8 Å². The van der Waals surface area contributed by atoms with Gasteiger partial charge in [0.15, 0.2) is 11.6 Å². The predicted octanol–water partition coefficient (Wildman–Crippen LogP) is 2.25. The lowest BCUT2D eigenvalue weighted by molar-refractivity contribution is 0.200. The van der Waals surface area contributed by atoms with E-state index in [4.69, 9.17) is 14.8 Å². The molecule has 0 bridgehead atoms. The highest BCUT2D eigenvalue weighted by atomic mass is 16.5. The molecule has 0 radical (unpaired) electrons. The zero-order valence-corrected chi connectivity index (χ0v) is 13.9. The maximum Gasteiger partial charge on any atom is 0.153 e. The minimum atomic E-state index is 0.586. The van der Waals surface area contributed by atoms with Gasteiger partial charge in [-0.25, -0.2) is 14.6 Å². The van der Waals surface area contributed by atoms with Crippen molar-refractivity contribution in [1.82, 2.24) is 29.3 Å². The van der Waals surface area contributed by atoms with Crippen molar-refractivity contribution in [3.05, 3.63) is 66.9 Å². The average Bonchev–Trinajstić information content (AvgIpc) is 3.30. The van der Waals surface area contributed by atoms with Gasteiger partial charge in [0.05, 0.1) is 30.7 Å². The van der Waals surface area contributed by atoms with Crippen molar-refractivity contribution in [3.63, 3.8) is 0 Å². The smallest absolute Gasteiger partial charge is 0.153 e. The molecular weight excluding hydrogens is 316 g/mol. The first-order valence-corrected chi connectivity index (χ1v) is 8.09. The number of pyridine rings is 1. The number of aromatic nitrogens is 6. The summed E-state index contributed by atoms with van der Waals surface area (Å²) in [5, 5.41) is 5.77. The molecule has 4 aromatic rings. The highest BCUT2D eigenvalue weighted by Crippen LogP contribution is 2.21. The maximum atomic E-state index is 5.16. The number of imidazole rings is 1. The van der Waals surface area contributed by atoms with Crippen LogP contribution >= 0.6 is 0 Å². The van der Waals surface area contributed by atoms with E-state index in [0.29, 0.717) is 19.6 Å². The standard InChI is InChI=1S/C18H18N6O/c1-25-11-7-16-21-17(12-23-10-9-19-13-23)24(22-16)15-6-2-4-14-5-3-8-20-18(14)15/h2-6,8-10,13H,7,11-12H2,1H3. The zero-order valence-electron chi connectivity index (χ0n) is 13.9. The van der Waals surface area contributed by atoms with Gasteiger partial charge in [-0.05, 0) is 12.1 Å². The summed E-state index contributed by atoms with van der Waals surface area (Å²) in [5.41, 5.74) is 1.82. The molecule has 0 unspecified atom stereocenters. The molecule has 0 N–H and O–H groups in total. The van der Waals surface area contributed by atoms with Crippen molar-refractivity contribution in [2.45, 2.75) is 13.0 Å². The van der Waals surface area contributed by atoms with Gasteiger partial charge in [0.2, 0.25) is 0 Å². The highest BCUT2D eigenvalue weighted by Gasteiger charge is 2.14. The Labute approximate surface area is 144 Å². The van der Waals surface area contributed by atoms with E-state index < -0.39 is 0 Å². The lowest BCUT2D eigenvalue weighted by Gasteiger charge is -2.09. The summed E-state index contributed by atoms with van der Waals surface area (Å²) >= 11 is 0. The summed E-state index contributed by atoms with van der Waals surface area (Å²) in [4.78, 5) is 13.3. The van der Waals surface area contributed by atoms with Crippen molar-refractivity contribution in [2.24, 2.45) is 0 Å². The number of nitrogens with zero attached hydrogens (tertiary/aromatic N) is 6. The van der Waals surface area contributed by atoms with Gasteiger partial charge >= 0.3 is 0 Å². The van der Waals surface area contributed by atoms with Gasteiger partial charge in [-0.1, -0.05) is 18.2 Å². The number of methoxy groups -OCH3 is 1. The van der Waals surface area contributed by atoms with E-state index in [-0.39, 0.29) is 0 Å². The Morgan fingerprint density at radius 2 is 2.04 bits per heavy atom. The van der Waals surface area contributed by atoms with E-state index in [1.54, 1.807) is 25.8 Å². The van der Waals surface area contributed by atoms with Gasteiger partial charge in [0.1, 0.15) is 0 Å². The Kier molecular flexibility index (Phi) is 4.22. The van der Waals surface area contributed by atoms with Crippen molar-refractivity contribution < 1.29 is 4.74 Å². The largest absolute Gasteiger partial charge is 0.384 e. The predicted molar refractivity (Wildman–Crippen MR) is 93.6 cm³/mol. The van der Waals surface area contributed by atoms with Crippen LogP contribution in [0.25, 0.3) is 16.6 Å². The quantitative estimate of drug-likeness (QED) is 0.541. The van der Waals surface area contributed by atoms with Crippen molar-refractivity contribution in [3.8, 4) is 5.69 Å². The third kappa shape index (κ3) is 3.14. The van der Waals surface area contributed by atoms with Crippen LogP contribution in [0.4, 0.5) is 0 Å². The lowest BCUT2D eigenvalue weighted by Crippen LogP contribution is -2.08. The molecule has 0 fully saturated rings. The maximum absolute atomic E-state index is 5.16. The number of hydrogen-bond acceptors (Lipinski definition) is 5. The monoisotopic (exact) mass is 334 g/mol. The molecular formula is C18H18N6O. The van der Waals surface area contributed by atoms with E-state index >= 15 is 0 Å². The van der Waals surface area contributed by atoms with Crippen LogP contribution in [0.3, 0.4) is 0 Å². The molecule has 126 valence electrons. The normalized spacial score (nSPS) is 11.2. The van der Waals surface area contributed by atoms with E-state index in [0.717, 1.165) is 28.2 Å². The van der Waals surface area contributed by atoms with Crippen molar-refractivity contribution >= 4 is 10.9 Å². The Morgan fingerprint density at radius 1 is 1.12 bits per heavy atom. The Bertz CT molecular complexity index is 971. The third-order valence-corrected chi connectivity index (χ3v) is 3.97. The molecule has 0 saturated heterocycles. The fourth-order valence-electron chi connectivity index (χ4n) is 2.79. The molecule has 1 aromatic carbocycles. The molecule has 25 heavy (non-hydrogen) atoms. The van der Waals surface area contributed by atoms with Crippen molar-refractivity contribution in [2.75, 3.05) is 13.7 Å². The Hall–Kier alpha value is -3.06. The van der Waals surface area contributed by atoms with E-state index in [1.165, 1.54) is 0 Å². The zero-order chi connectivity index (χ0) is 17.1. The van der Waals surface area contributed by atoms with Crippen LogP contribution < -0.4 is 0 Å².